The summed E-state index contributed by atoms with van der Waals surface area (Å²) in [5.41, 5.74) is 0.185. The molecule has 0 spiro atoms. The molecule has 2 rings (SSSR count). The standard InChI is InChI=1S/C19H27F3N6OS/c1-13(29-4)17-27-15(12-30-17)11-28(3)18(23-2)25-9-5-8-24-16-7-6-14(10-26-16)19(20,21)22/h6-7,10,12-13H,5,8-9,11H2,1-4H3,(H,23,25)(H,24,26). The van der Waals surface area contributed by atoms with Gasteiger partial charge in [0, 0.05) is 45.9 Å². The van der Waals surface area contributed by atoms with E-state index in [1.807, 2.05) is 24.3 Å². The Morgan fingerprint density at radius 1 is 1.33 bits per heavy atom. The first-order valence-electron chi connectivity index (χ1n) is 9.40. The lowest BCUT2D eigenvalue weighted by Gasteiger charge is -2.21. The zero-order chi connectivity index (χ0) is 22.1. The SMILES string of the molecule is CN=C(NCCCNc1ccc(C(F)(F)F)cn1)N(C)Cc1csc(C(C)OC)n1. The summed E-state index contributed by atoms with van der Waals surface area (Å²) in [7, 11) is 5.30. The zero-order valence-corrected chi connectivity index (χ0v) is 18.3. The minimum atomic E-state index is -4.38. The number of aromatic nitrogens is 2. The third-order valence-corrected chi connectivity index (χ3v) is 5.33. The monoisotopic (exact) mass is 444 g/mol. The molecule has 30 heavy (non-hydrogen) atoms. The Labute approximate surface area is 178 Å². The van der Waals surface area contributed by atoms with Crippen LogP contribution in [-0.2, 0) is 17.5 Å². The molecule has 166 valence electrons. The van der Waals surface area contributed by atoms with E-state index >= 15 is 0 Å². The van der Waals surface area contributed by atoms with Crippen LogP contribution < -0.4 is 10.6 Å². The number of thiazole rings is 1. The van der Waals surface area contributed by atoms with Gasteiger partial charge < -0.3 is 20.3 Å². The number of halogens is 3. The number of guanidine groups is 1. The summed E-state index contributed by atoms with van der Waals surface area (Å²) in [6.07, 6.45) is -2.84. The molecule has 2 N–H and O–H groups in total. The van der Waals surface area contributed by atoms with Crippen LogP contribution in [0.25, 0.3) is 0 Å². The molecular weight excluding hydrogens is 417 g/mol. The van der Waals surface area contributed by atoms with E-state index in [1.54, 1.807) is 25.5 Å². The number of nitrogens with one attached hydrogen (secondary N) is 2. The van der Waals surface area contributed by atoms with Crippen LogP contribution >= 0.6 is 11.3 Å². The van der Waals surface area contributed by atoms with Gasteiger partial charge in [0.25, 0.3) is 0 Å². The molecule has 0 saturated heterocycles. The highest BCUT2D eigenvalue weighted by Gasteiger charge is 2.30. The van der Waals surface area contributed by atoms with Crippen molar-refractivity contribution in [3.05, 3.63) is 40.0 Å². The molecule has 2 aromatic heterocycles. The van der Waals surface area contributed by atoms with E-state index in [2.05, 4.69) is 25.6 Å². The van der Waals surface area contributed by atoms with Gasteiger partial charge >= 0.3 is 6.18 Å². The summed E-state index contributed by atoms with van der Waals surface area (Å²) in [5, 5.41) is 9.22. The third-order valence-electron chi connectivity index (χ3n) is 4.28. The third kappa shape index (κ3) is 7.13. The molecule has 1 atom stereocenters. The lowest BCUT2D eigenvalue weighted by atomic mass is 10.3. The highest BCUT2D eigenvalue weighted by molar-refractivity contribution is 7.09. The van der Waals surface area contributed by atoms with Crippen molar-refractivity contribution in [2.75, 3.05) is 39.6 Å². The lowest BCUT2D eigenvalue weighted by molar-refractivity contribution is -0.137. The summed E-state index contributed by atoms with van der Waals surface area (Å²) in [5.74, 6) is 1.14. The first-order valence-corrected chi connectivity index (χ1v) is 10.3. The molecule has 7 nitrogen and oxygen atoms in total. The van der Waals surface area contributed by atoms with Crippen LogP contribution in [0.4, 0.5) is 19.0 Å². The fourth-order valence-electron chi connectivity index (χ4n) is 2.56. The second kappa shape index (κ2) is 11.1. The van der Waals surface area contributed by atoms with E-state index in [4.69, 9.17) is 4.74 Å². The molecule has 0 aliphatic heterocycles. The van der Waals surface area contributed by atoms with E-state index in [0.717, 1.165) is 35.3 Å². The van der Waals surface area contributed by atoms with Crippen molar-refractivity contribution in [1.82, 2.24) is 20.2 Å². The average molecular weight is 445 g/mol. The van der Waals surface area contributed by atoms with E-state index in [1.165, 1.54) is 6.07 Å². The molecule has 0 bridgehead atoms. The number of nitrogens with zero attached hydrogens (tertiary/aromatic N) is 4. The average Bonchev–Trinajstić information content (AvgIpc) is 3.18. The molecule has 0 aromatic carbocycles. The van der Waals surface area contributed by atoms with Crippen LogP contribution in [-0.4, -0.2) is 55.1 Å². The molecule has 2 heterocycles. The van der Waals surface area contributed by atoms with E-state index in [0.29, 0.717) is 25.5 Å². The van der Waals surface area contributed by atoms with Crippen molar-refractivity contribution in [2.24, 2.45) is 4.99 Å². The summed E-state index contributed by atoms with van der Waals surface area (Å²) < 4.78 is 42.9. The maximum absolute atomic E-state index is 12.5. The Bertz CT molecular complexity index is 809. The number of rotatable bonds is 9. The number of alkyl halides is 3. The molecule has 1 unspecified atom stereocenters. The van der Waals surface area contributed by atoms with Gasteiger partial charge in [-0.05, 0) is 25.5 Å². The van der Waals surface area contributed by atoms with Gasteiger partial charge in [0.15, 0.2) is 5.96 Å². The largest absolute Gasteiger partial charge is 0.417 e. The Kier molecular flexibility index (Phi) is 8.85. The first-order chi connectivity index (χ1) is 14.2. The van der Waals surface area contributed by atoms with Crippen molar-refractivity contribution < 1.29 is 17.9 Å². The van der Waals surface area contributed by atoms with Gasteiger partial charge in [-0.1, -0.05) is 0 Å². The normalized spacial score (nSPS) is 13.2. The van der Waals surface area contributed by atoms with Crippen LogP contribution in [0.1, 0.15) is 35.7 Å². The predicted octanol–water partition coefficient (Wildman–Crippen LogP) is 3.77. The Morgan fingerprint density at radius 2 is 2.10 bits per heavy atom. The number of methoxy groups -OCH3 is 1. The van der Waals surface area contributed by atoms with Crippen LogP contribution in [0.5, 0.6) is 0 Å². The topological polar surface area (TPSA) is 74.7 Å². The fraction of sp³-hybridized carbons (Fsp3) is 0.526. The van der Waals surface area contributed by atoms with Crippen LogP contribution in [0.3, 0.4) is 0 Å². The smallest absolute Gasteiger partial charge is 0.375 e. The minimum absolute atomic E-state index is 0.0295. The number of hydrogen-bond donors (Lipinski definition) is 2. The number of ether oxygens (including phenoxy) is 1. The van der Waals surface area contributed by atoms with Crippen molar-refractivity contribution in [2.45, 2.75) is 32.2 Å². The molecule has 0 aliphatic carbocycles. The molecule has 0 aliphatic rings. The van der Waals surface area contributed by atoms with Gasteiger partial charge in [-0.15, -0.1) is 11.3 Å². The predicted molar refractivity (Wildman–Crippen MR) is 113 cm³/mol. The second-order valence-electron chi connectivity index (χ2n) is 6.60. The van der Waals surface area contributed by atoms with Crippen LogP contribution in [0.2, 0.25) is 0 Å². The molecule has 11 heteroatoms. The van der Waals surface area contributed by atoms with Crippen molar-refractivity contribution in [3.8, 4) is 0 Å². The second-order valence-corrected chi connectivity index (χ2v) is 7.48. The molecular formula is C19H27F3N6OS. The van der Waals surface area contributed by atoms with Gasteiger partial charge in [-0.2, -0.15) is 13.2 Å². The lowest BCUT2D eigenvalue weighted by Crippen LogP contribution is -2.39. The minimum Gasteiger partial charge on any atom is -0.375 e. The van der Waals surface area contributed by atoms with E-state index in [9.17, 15) is 13.2 Å². The Morgan fingerprint density at radius 3 is 2.70 bits per heavy atom. The zero-order valence-electron chi connectivity index (χ0n) is 17.5. The van der Waals surface area contributed by atoms with Gasteiger partial charge in [0.1, 0.15) is 16.9 Å². The van der Waals surface area contributed by atoms with Gasteiger partial charge in [-0.25, -0.2) is 9.97 Å². The van der Waals surface area contributed by atoms with Gasteiger partial charge in [-0.3, -0.25) is 4.99 Å². The quantitative estimate of drug-likeness (QED) is 0.348. The summed E-state index contributed by atoms with van der Waals surface area (Å²) >= 11 is 1.57. The van der Waals surface area contributed by atoms with Crippen LogP contribution in [0, 0.1) is 0 Å². The highest BCUT2D eigenvalue weighted by atomic mass is 32.1. The maximum Gasteiger partial charge on any atom is 0.417 e. The first kappa shape index (κ1) is 23.9. The van der Waals surface area contributed by atoms with Gasteiger partial charge in [0.2, 0.25) is 0 Å². The Balaban J connectivity index is 1.73. The molecule has 0 fully saturated rings. The summed E-state index contributed by atoms with van der Waals surface area (Å²) in [6, 6.07) is 2.34. The van der Waals surface area contributed by atoms with E-state index < -0.39 is 11.7 Å². The Hall–Kier alpha value is -2.40. The number of hydrogen-bond acceptors (Lipinski definition) is 6. The number of pyridine rings is 1. The molecule has 2 aromatic rings. The fourth-order valence-corrected chi connectivity index (χ4v) is 3.40. The maximum atomic E-state index is 12.5. The van der Waals surface area contributed by atoms with Crippen molar-refractivity contribution >= 4 is 23.1 Å². The summed E-state index contributed by atoms with van der Waals surface area (Å²) in [6.45, 7) is 3.78. The molecule has 0 saturated carbocycles. The van der Waals surface area contributed by atoms with Crippen LogP contribution in [0.15, 0.2) is 28.7 Å². The number of aliphatic imine (C=N–C) groups is 1. The molecule has 0 radical (unpaired) electrons. The highest BCUT2D eigenvalue weighted by Crippen LogP contribution is 2.28. The summed E-state index contributed by atoms with van der Waals surface area (Å²) in [4.78, 5) is 14.6. The van der Waals surface area contributed by atoms with E-state index in [-0.39, 0.29) is 6.10 Å². The van der Waals surface area contributed by atoms with Crippen molar-refractivity contribution in [1.29, 1.82) is 0 Å². The van der Waals surface area contributed by atoms with Gasteiger partial charge in [0.05, 0.1) is 17.8 Å². The number of anilines is 1. The molecule has 0 amide bonds. The van der Waals surface area contributed by atoms with Crippen molar-refractivity contribution in [3.63, 3.8) is 0 Å².